The van der Waals surface area contributed by atoms with Crippen LogP contribution in [0.15, 0.2) is 66.9 Å². The molecular weight excluding hydrogens is 330 g/mol. The van der Waals surface area contributed by atoms with Crippen molar-refractivity contribution in [2.75, 3.05) is 17.7 Å². The number of carbonyl (C=O) groups is 1. The molecule has 2 amide bonds. The molecule has 0 atom stereocenters. The number of ether oxygens (including phenoxy) is 2. The molecule has 0 aliphatic rings. The number of nitrogens with zero attached hydrogens (tertiary/aromatic N) is 1. The topological polar surface area (TPSA) is 72.5 Å². The third-order valence-corrected chi connectivity index (χ3v) is 3.59. The Morgan fingerprint density at radius 3 is 2.08 bits per heavy atom. The molecule has 0 aliphatic heterocycles. The van der Waals surface area contributed by atoms with E-state index in [1.807, 2.05) is 31.2 Å². The molecule has 0 fully saturated rings. The van der Waals surface area contributed by atoms with Crippen LogP contribution in [0.2, 0.25) is 0 Å². The molecule has 0 bridgehead atoms. The van der Waals surface area contributed by atoms with Gasteiger partial charge in [0.1, 0.15) is 11.5 Å². The van der Waals surface area contributed by atoms with Gasteiger partial charge in [0.25, 0.3) is 0 Å². The van der Waals surface area contributed by atoms with Gasteiger partial charge in [0, 0.05) is 11.8 Å². The SMILES string of the molecule is COc1ccc(NC(=O)Nc2ccc(Oc3ccc(C)cc3)nc2)cc1. The molecule has 6 nitrogen and oxygen atoms in total. The average molecular weight is 349 g/mol. The van der Waals surface area contributed by atoms with Crippen molar-refractivity contribution in [1.82, 2.24) is 4.98 Å². The summed E-state index contributed by atoms with van der Waals surface area (Å²) < 4.78 is 10.7. The van der Waals surface area contributed by atoms with Crippen LogP contribution in [0.3, 0.4) is 0 Å². The van der Waals surface area contributed by atoms with Crippen LogP contribution in [-0.4, -0.2) is 18.1 Å². The number of anilines is 2. The summed E-state index contributed by atoms with van der Waals surface area (Å²) in [4.78, 5) is 16.2. The number of pyridine rings is 1. The van der Waals surface area contributed by atoms with Crippen molar-refractivity contribution in [2.24, 2.45) is 0 Å². The van der Waals surface area contributed by atoms with Crippen LogP contribution in [0.1, 0.15) is 5.56 Å². The highest BCUT2D eigenvalue weighted by Crippen LogP contribution is 2.21. The Hall–Kier alpha value is -3.54. The van der Waals surface area contributed by atoms with Crippen LogP contribution in [0, 0.1) is 6.92 Å². The van der Waals surface area contributed by atoms with Gasteiger partial charge >= 0.3 is 6.03 Å². The second-order valence-corrected chi connectivity index (χ2v) is 5.61. The van der Waals surface area contributed by atoms with E-state index in [1.54, 1.807) is 43.5 Å². The van der Waals surface area contributed by atoms with Crippen molar-refractivity contribution in [3.05, 3.63) is 72.4 Å². The summed E-state index contributed by atoms with van der Waals surface area (Å²) in [6, 6.07) is 17.8. The fourth-order valence-corrected chi connectivity index (χ4v) is 2.21. The first-order chi connectivity index (χ1) is 12.6. The predicted molar refractivity (Wildman–Crippen MR) is 101 cm³/mol. The summed E-state index contributed by atoms with van der Waals surface area (Å²) in [5.74, 6) is 1.89. The highest BCUT2D eigenvalue weighted by atomic mass is 16.5. The molecule has 0 saturated carbocycles. The van der Waals surface area contributed by atoms with E-state index >= 15 is 0 Å². The molecule has 0 aliphatic carbocycles. The Bertz CT molecular complexity index is 860. The maximum absolute atomic E-state index is 12.0. The third kappa shape index (κ3) is 4.73. The van der Waals surface area contributed by atoms with Gasteiger partial charge in [-0.3, -0.25) is 0 Å². The van der Waals surface area contributed by atoms with Crippen molar-refractivity contribution >= 4 is 17.4 Å². The maximum Gasteiger partial charge on any atom is 0.323 e. The monoisotopic (exact) mass is 349 g/mol. The molecule has 6 heteroatoms. The number of aryl methyl sites for hydroxylation is 1. The van der Waals surface area contributed by atoms with Crippen molar-refractivity contribution < 1.29 is 14.3 Å². The van der Waals surface area contributed by atoms with Gasteiger partial charge in [0.2, 0.25) is 5.88 Å². The number of rotatable bonds is 5. The number of aromatic nitrogens is 1. The largest absolute Gasteiger partial charge is 0.497 e. The molecule has 1 aromatic heterocycles. The number of carbonyl (C=O) groups excluding carboxylic acids is 1. The van der Waals surface area contributed by atoms with Gasteiger partial charge < -0.3 is 20.1 Å². The summed E-state index contributed by atoms with van der Waals surface area (Å²) in [5.41, 5.74) is 2.38. The summed E-state index contributed by atoms with van der Waals surface area (Å²) in [7, 11) is 1.59. The number of urea groups is 1. The van der Waals surface area contributed by atoms with Crippen LogP contribution in [-0.2, 0) is 0 Å². The number of hydrogen-bond donors (Lipinski definition) is 2. The third-order valence-electron chi connectivity index (χ3n) is 3.59. The molecule has 0 saturated heterocycles. The van der Waals surface area contributed by atoms with E-state index in [1.165, 1.54) is 6.20 Å². The second kappa shape index (κ2) is 8.02. The van der Waals surface area contributed by atoms with Crippen LogP contribution in [0.25, 0.3) is 0 Å². The van der Waals surface area contributed by atoms with Gasteiger partial charge in [-0.25, -0.2) is 9.78 Å². The van der Waals surface area contributed by atoms with E-state index in [-0.39, 0.29) is 6.03 Å². The minimum absolute atomic E-state index is 0.357. The highest BCUT2D eigenvalue weighted by molar-refractivity contribution is 5.99. The van der Waals surface area contributed by atoms with E-state index < -0.39 is 0 Å². The molecular formula is C20H19N3O3. The molecule has 0 spiro atoms. The van der Waals surface area contributed by atoms with Gasteiger partial charge in [-0.1, -0.05) is 17.7 Å². The first-order valence-corrected chi connectivity index (χ1v) is 8.05. The number of hydrogen-bond acceptors (Lipinski definition) is 4. The van der Waals surface area contributed by atoms with Crippen LogP contribution >= 0.6 is 0 Å². The fourth-order valence-electron chi connectivity index (χ4n) is 2.21. The number of methoxy groups -OCH3 is 1. The molecule has 3 aromatic rings. The number of benzene rings is 2. The lowest BCUT2D eigenvalue weighted by molar-refractivity contribution is 0.262. The van der Waals surface area contributed by atoms with Crippen molar-refractivity contribution in [3.63, 3.8) is 0 Å². The normalized spacial score (nSPS) is 10.1. The molecule has 2 aromatic carbocycles. The van der Waals surface area contributed by atoms with Gasteiger partial charge in [0.05, 0.1) is 19.0 Å². The van der Waals surface area contributed by atoms with Crippen LogP contribution < -0.4 is 20.1 Å². The first-order valence-electron chi connectivity index (χ1n) is 8.05. The first kappa shape index (κ1) is 17.3. The molecule has 26 heavy (non-hydrogen) atoms. The van der Waals surface area contributed by atoms with E-state index in [0.717, 1.165) is 11.3 Å². The zero-order valence-corrected chi connectivity index (χ0v) is 14.5. The summed E-state index contributed by atoms with van der Waals surface area (Å²) in [5, 5.41) is 5.45. The Morgan fingerprint density at radius 1 is 0.846 bits per heavy atom. The minimum atomic E-state index is -0.357. The van der Waals surface area contributed by atoms with Crippen molar-refractivity contribution in [2.45, 2.75) is 6.92 Å². The maximum atomic E-state index is 12.0. The number of nitrogens with one attached hydrogen (secondary N) is 2. The summed E-state index contributed by atoms with van der Waals surface area (Å²) in [6.45, 7) is 2.01. The quantitative estimate of drug-likeness (QED) is 0.692. The molecule has 1 heterocycles. The van der Waals surface area contributed by atoms with E-state index in [4.69, 9.17) is 9.47 Å². The number of amides is 2. The van der Waals surface area contributed by atoms with E-state index in [2.05, 4.69) is 15.6 Å². The Morgan fingerprint density at radius 2 is 1.46 bits per heavy atom. The van der Waals surface area contributed by atoms with Gasteiger partial charge in [-0.15, -0.1) is 0 Å². The highest BCUT2D eigenvalue weighted by Gasteiger charge is 2.05. The summed E-state index contributed by atoms with van der Waals surface area (Å²) >= 11 is 0. The smallest absolute Gasteiger partial charge is 0.323 e. The minimum Gasteiger partial charge on any atom is -0.497 e. The Kier molecular flexibility index (Phi) is 5.34. The van der Waals surface area contributed by atoms with Crippen LogP contribution in [0.4, 0.5) is 16.2 Å². The average Bonchev–Trinajstić information content (AvgIpc) is 2.66. The van der Waals surface area contributed by atoms with Crippen molar-refractivity contribution in [3.8, 4) is 17.4 Å². The Balaban J connectivity index is 1.56. The van der Waals surface area contributed by atoms with E-state index in [0.29, 0.717) is 23.0 Å². The zero-order valence-electron chi connectivity index (χ0n) is 14.5. The standard InChI is InChI=1S/C20H19N3O3/c1-14-3-8-18(9-4-14)26-19-12-7-16(13-21-19)23-20(24)22-15-5-10-17(25-2)11-6-15/h3-13H,1-2H3,(H2,22,23,24). The van der Waals surface area contributed by atoms with Gasteiger partial charge in [0.15, 0.2) is 0 Å². The Labute approximate surface area is 151 Å². The lowest BCUT2D eigenvalue weighted by Gasteiger charge is -2.09. The predicted octanol–water partition coefficient (Wildman–Crippen LogP) is 4.83. The lowest BCUT2D eigenvalue weighted by Crippen LogP contribution is -2.19. The second-order valence-electron chi connectivity index (χ2n) is 5.61. The fraction of sp³-hybridized carbons (Fsp3) is 0.100. The zero-order chi connectivity index (χ0) is 18.4. The molecule has 0 radical (unpaired) electrons. The molecule has 132 valence electrons. The van der Waals surface area contributed by atoms with Crippen molar-refractivity contribution in [1.29, 1.82) is 0 Å². The van der Waals surface area contributed by atoms with Crippen LogP contribution in [0.5, 0.6) is 17.4 Å². The summed E-state index contributed by atoms with van der Waals surface area (Å²) in [6.07, 6.45) is 1.54. The van der Waals surface area contributed by atoms with E-state index in [9.17, 15) is 4.79 Å². The molecule has 0 unspecified atom stereocenters. The molecule has 2 N–H and O–H groups in total. The lowest BCUT2D eigenvalue weighted by atomic mass is 10.2. The molecule has 3 rings (SSSR count). The van der Waals surface area contributed by atoms with Gasteiger partial charge in [-0.05, 0) is 49.4 Å². The van der Waals surface area contributed by atoms with Gasteiger partial charge in [-0.2, -0.15) is 0 Å².